The zero-order chi connectivity index (χ0) is 17.8. The van der Waals surface area contributed by atoms with Crippen molar-refractivity contribution in [2.75, 3.05) is 0 Å². The van der Waals surface area contributed by atoms with E-state index in [9.17, 15) is 0 Å². The summed E-state index contributed by atoms with van der Waals surface area (Å²) in [5.41, 5.74) is 8.28. The molecule has 0 unspecified atom stereocenters. The van der Waals surface area contributed by atoms with Crippen LogP contribution < -0.4 is 0 Å². The lowest BCUT2D eigenvalue weighted by molar-refractivity contribution is 1.26. The van der Waals surface area contributed by atoms with Gasteiger partial charge in [0.1, 0.15) is 0 Å². The van der Waals surface area contributed by atoms with E-state index in [0.717, 1.165) is 6.42 Å². The maximum Gasteiger partial charge on any atom is -0.00132 e. The van der Waals surface area contributed by atoms with E-state index in [-0.39, 0.29) is 0 Å². The van der Waals surface area contributed by atoms with Gasteiger partial charge in [-0.3, -0.25) is 0 Å². The molecule has 0 radical (unpaired) electrons. The van der Waals surface area contributed by atoms with Crippen LogP contribution in [0.2, 0.25) is 0 Å². The second kappa shape index (κ2) is 5.56. The highest BCUT2D eigenvalue weighted by Gasteiger charge is 2.18. The lowest BCUT2D eigenvalue weighted by Crippen LogP contribution is -1.87. The summed E-state index contributed by atoms with van der Waals surface area (Å²) in [7, 11) is 0. The van der Waals surface area contributed by atoms with E-state index >= 15 is 0 Å². The predicted molar refractivity (Wildman–Crippen MR) is 115 cm³/mol. The molecule has 0 nitrogen and oxygen atoms in total. The molecule has 5 aromatic rings. The number of fused-ring (bicyclic) bond motifs is 6. The van der Waals surface area contributed by atoms with Crippen LogP contribution >= 0.6 is 0 Å². The van der Waals surface area contributed by atoms with Gasteiger partial charge in [0.2, 0.25) is 0 Å². The van der Waals surface area contributed by atoms with E-state index in [0.29, 0.717) is 0 Å². The van der Waals surface area contributed by atoms with Gasteiger partial charge < -0.3 is 0 Å². The molecule has 0 spiro atoms. The second-order valence-corrected chi connectivity index (χ2v) is 7.40. The molecule has 0 heteroatoms. The van der Waals surface area contributed by atoms with Crippen LogP contribution in [0.25, 0.3) is 43.8 Å². The number of benzene rings is 5. The molecule has 0 bridgehead atoms. The minimum Gasteiger partial charge on any atom is -0.0619 e. The Bertz CT molecular complexity index is 1340. The third-order valence-corrected chi connectivity index (χ3v) is 5.87. The van der Waals surface area contributed by atoms with Gasteiger partial charge in [0, 0.05) is 0 Å². The average Bonchev–Trinajstić information content (AvgIpc) is 3.11. The van der Waals surface area contributed by atoms with Crippen LogP contribution in [0, 0.1) is 0 Å². The van der Waals surface area contributed by atoms with E-state index in [1.54, 1.807) is 0 Å². The summed E-state index contributed by atoms with van der Waals surface area (Å²) in [5, 5.41) is 5.28. The molecule has 126 valence electrons. The van der Waals surface area contributed by atoms with Gasteiger partial charge >= 0.3 is 0 Å². The Hall–Kier alpha value is -3.38. The zero-order valence-corrected chi connectivity index (χ0v) is 14.9. The maximum absolute atomic E-state index is 2.39. The normalized spacial score (nSPS) is 12.3. The molecule has 0 fully saturated rings. The summed E-state index contributed by atoms with van der Waals surface area (Å²) in [5.74, 6) is 0. The summed E-state index contributed by atoms with van der Waals surface area (Å²) in [6.07, 6.45) is 1.03. The third kappa shape index (κ3) is 2.17. The predicted octanol–water partition coefficient (Wildman–Crippen LogP) is 7.23. The summed E-state index contributed by atoms with van der Waals surface area (Å²) in [4.78, 5) is 0. The van der Waals surface area contributed by atoms with Crippen molar-refractivity contribution in [2.45, 2.75) is 6.42 Å². The summed E-state index contributed by atoms with van der Waals surface area (Å²) >= 11 is 0. The van der Waals surface area contributed by atoms with Crippen LogP contribution in [0.5, 0.6) is 0 Å². The van der Waals surface area contributed by atoms with Crippen molar-refractivity contribution in [3.05, 3.63) is 108 Å². The van der Waals surface area contributed by atoms with Crippen LogP contribution in [0.15, 0.2) is 97.1 Å². The first-order chi connectivity index (χ1) is 13.4. The van der Waals surface area contributed by atoms with E-state index in [4.69, 9.17) is 0 Å². The van der Waals surface area contributed by atoms with Crippen LogP contribution in [-0.2, 0) is 6.42 Å². The molecule has 6 rings (SSSR count). The molecule has 1 aliphatic carbocycles. The quantitative estimate of drug-likeness (QED) is 0.276. The molecule has 0 atom stereocenters. The molecule has 0 N–H and O–H groups in total. The SMILES string of the molecule is c1ccc2c(c1)Cc1cc(-c3cc4ccccc4c4ccccc34)ccc1-2. The lowest BCUT2D eigenvalue weighted by atomic mass is 9.92. The van der Waals surface area contributed by atoms with Crippen molar-refractivity contribution in [3.8, 4) is 22.3 Å². The standard InChI is InChI=1S/C27H18/c1-3-9-22-18(7-1)15-21-16-20(13-14-24(21)22)27-17-19-8-2-4-10-23(19)25-11-5-6-12-26(25)27/h1-14,16-17H,15H2. The summed E-state index contributed by atoms with van der Waals surface area (Å²) in [6, 6.07) is 35.6. The molecular formula is C27H18. The molecule has 0 saturated heterocycles. The average molecular weight is 342 g/mol. The molecular weight excluding hydrogens is 324 g/mol. The topological polar surface area (TPSA) is 0 Å². The largest absolute Gasteiger partial charge is 0.0619 e. The first kappa shape index (κ1) is 14.8. The summed E-state index contributed by atoms with van der Waals surface area (Å²) in [6.45, 7) is 0. The molecule has 5 aromatic carbocycles. The van der Waals surface area contributed by atoms with Crippen molar-refractivity contribution in [3.63, 3.8) is 0 Å². The molecule has 0 heterocycles. The van der Waals surface area contributed by atoms with E-state index < -0.39 is 0 Å². The second-order valence-electron chi connectivity index (χ2n) is 7.40. The maximum atomic E-state index is 2.39. The number of hydrogen-bond donors (Lipinski definition) is 0. The highest BCUT2D eigenvalue weighted by molar-refractivity contribution is 6.13. The first-order valence-corrected chi connectivity index (χ1v) is 9.50. The van der Waals surface area contributed by atoms with E-state index in [1.807, 2.05) is 0 Å². The molecule has 0 aromatic heterocycles. The Morgan fingerprint density at radius 2 is 1.15 bits per heavy atom. The Kier molecular flexibility index (Phi) is 3.04. The van der Waals surface area contributed by atoms with Crippen LogP contribution in [0.3, 0.4) is 0 Å². The molecule has 1 aliphatic rings. The van der Waals surface area contributed by atoms with Crippen LogP contribution in [-0.4, -0.2) is 0 Å². The van der Waals surface area contributed by atoms with Gasteiger partial charge in [-0.05, 0) is 67.4 Å². The Balaban J connectivity index is 1.61. The van der Waals surface area contributed by atoms with Gasteiger partial charge in [-0.15, -0.1) is 0 Å². The van der Waals surface area contributed by atoms with Crippen LogP contribution in [0.1, 0.15) is 11.1 Å². The Morgan fingerprint density at radius 3 is 2.07 bits per heavy atom. The summed E-state index contributed by atoms with van der Waals surface area (Å²) < 4.78 is 0. The monoisotopic (exact) mass is 342 g/mol. The van der Waals surface area contributed by atoms with Crippen molar-refractivity contribution in [1.29, 1.82) is 0 Å². The molecule has 0 amide bonds. The third-order valence-electron chi connectivity index (χ3n) is 5.87. The van der Waals surface area contributed by atoms with Crippen LogP contribution in [0.4, 0.5) is 0 Å². The minimum absolute atomic E-state index is 1.03. The van der Waals surface area contributed by atoms with Gasteiger partial charge in [-0.1, -0.05) is 91.0 Å². The van der Waals surface area contributed by atoms with Gasteiger partial charge in [0.05, 0.1) is 0 Å². The first-order valence-electron chi connectivity index (χ1n) is 9.50. The van der Waals surface area contributed by atoms with E-state index in [2.05, 4.69) is 97.1 Å². The smallest absolute Gasteiger partial charge is 0.00132 e. The minimum atomic E-state index is 1.03. The number of rotatable bonds is 1. The van der Waals surface area contributed by atoms with Gasteiger partial charge in [0.15, 0.2) is 0 Å². The fourth-order valence-corrected chi connectivity index (χ4v) is 4.61. The van der Waals surface area contributed by atoms with Crippen molar-refractivity contribution in [1.82, 2.24) is 0 Å². The highest BCUT2D eigenvalue weighted by Crippen LogP contribution is 2.40. The van der Waals surface area contributed by atoms with Gasteiger partial charge in [-0.25, -0.2) is 0 Å². The fourth-order valence-electron chi connectivity index (χ4n) is 4.61. The molecule has 0 saturated carbocycles. The lowest BCUT2D eigenvalue weighted by Gasteiger charge is -2.12. The van der Waals surface area contributed by atoms with Gasteiger partial charge in [-0.2, -0.15) is 0 Å². The van der Waals surface area contributed by atoms with Gasteiger partial charge in [0.25, 0.3) is 0 Å². The highest BCUT2D eigenvalue weighted by atomic mass is 14.2. The van der Waals surface area contributed by atoms with Crippen molar-refractivity contribution in [2.24, 2.45) is 0 Å². The Labute approximate surface area is 158 Å². The van der Waals surface area contributed by atoms with E-state index in [1.165, 1.54) is 54.9 Å². The van der Waals surface area contributed by atoms with Crippen molar-refractivity contribution >= 4 is 21.5 Å². The molecule has 27 heavy (non-hydrogen) atoms. The molecule has 0 aliphatic heterocycles. The zero-order valence-electron chi connectivity index (χ0n) is 14.9. The van der Waals surface area contributed by atoms with Crippen molar-refractivity contribution < 1.29 is 0 Å². The fraction of sp³-hybridized carbons (Fsp3) is 0.0370. The Morgan fingerprint density at radius 1 is 0.444 bits per heavy atom. The number of hydrogen-bond acceptors (Lipinski definition) is 0.